The number of aryl methyl sites for hydroxylation is 1. The lowest BCUT2D eigenvalue weighted by Crippen LogP contribution is -2.48. The molecule has 122 valence electrons. The smallest absolute Gasteiger partial charge is 0.318 e. The number of urea groups is 1. The van der Waals surface area contributed by atoms with Gasteiger partial charge in [-0.25, -0.2) is 4.79 Å². The topological polar surface area (TPSA) is 72.3 Å². The van der Waals surface area contributed by atoms with Crippen molar-refractivity contribution in [3.8, 4) is 0 Å². The summed E-state index contributed by atoms with van der Waals surface area (Å²) in [6, 6.07) is 9.79. The van der Waals surface area contributed by atoms with E-state index in [-0.39, 0.29) is 18.2 Å². The van der Waals surface area contributed by atoms with Gasteiger partial charge in [-0.3, -0.25) is 0 Å². The summed E-state index contributed by atoms with van der Waals surface area (Å²) in [5, 5.41) is 11.0. The summed E-state index contributed by atoms with van der Waals surface area (Å²) in [6.45, 7) is 3.51. The highest BCUT2D eigenvalue weighted by Gasteiger charge is 2.28. The minimum Gasteiger partial charge on any atom is -0.366 e. The van der Waals surface area contributed by atoms with E-state index in [1.54, 1.807) is 11.2 Å². The molecule has 3 rings (SSSR count). The average Bonchev–Trinajstić information content (AvgIpc) is 3.02. The maximum absolute atomic E-state index is 12.5. The number of ether oxygens (including phenoxy) is 1. The summed E-state index contributed by atoms with van der Waals surface area (Å²) in [6.07, 6.45) is 1.39. The van der Waals surface area contributed by atoms with Crippen LogP contribution < -0.4 is 5.32 Å². The van der Waals surface area contributed by atoms with Crippen molar-refractivity contribution in [2.24, 2.45) is 7.05 Å². The standard InChI is InChI=1S/C16H21N5O2/c1-12(13-6-4-3-5-7-13)18-16(22)21-8-9-23-14(10-21)15-19-17-11-20(15)2/h3-7,11-12,14H,8-10H2,1-2H3,(H,18,22)/t12-,14-/m1/s1. The van der Waals surface area contributed by atoms with Crippen LogP contribution in [0.5, 0.6) is 0 Å². The summed E-state index contributed by atoms with van der Waals surface area (Å²) in [5.41, 5.74) is 1.08. The van der Waals surface area contributed by atoms with Crippen molar-refractivity contribution in [1.82, 2.24) is 25.0 Å². The van der Waals surface area contributed by atoms with Crippen LogP contribution in [0.3, 0.4) is 0 Å². The van der Waals surface area contributed by atoms with Crippen molar-refractivity contribution in [2.45, 2.75) is 19.1 Å². The highest BCUT2D eigenvalue weighted by atomic mass is 16.5. The van der Waals surface area contributed by atoms with E-state index in [0.29, 0.717) is 19.7 Å². The molecule has 23 heavy (non-hydrogen) atoms. The maximum atomic E-state index is 12.5. The van der Waals surface area contributed by atoms with E-state index in [9.17, 15) is 4.79 Å². The van der Waals surface area contributed by atoms with Gasteiger partial charge in [0.2, 0.25) is 0 Å². The molecule has 1 aliphatic heterocycles. The second-order valence-corrected chi connectivity index (χ2v) is 5.69. The number of rotatable bonds is 3. The van der Waals surface area contributed by atoms with E-state index < -0.39 is 0 Å². The Labute approximate surface area is 135 Å². The maximum Gasteiger partial charge on any atom is 0.318 e. The van der Waals surface area contributed by atoms with Crippen LogP contribution in [0.1, 0.15) is 30.5 Å². The molecule has 7 nitrogen and oxygen atoms in total. The Bertz CT molecular complexity index is 658. The van der Waals surface area contributed by atoms with E-state index in [1.165, 1.54) is 0 Å². The first-order chi connectivity index (χ1) is 11.1. The molecule has 1 aromatic heterocycles. The molecule has 0 spiro atoms. The number of benzene rings is 1. The first-order valence-electron chi connectivity index (χ1n) is 7.71. The Balaban J connectivity index is 1.62. The number of hydrogen-bond acceptors (Lipinski definition) is 4. The third-order valence-corrected chi connectivity index (χ3v) is 4.03. The quantitative estimate of drug-likeness (QED) is 0.935. The molecule has 2 aromatic rings. The summed E-state index contributed by atoms with van der Waals surface area (Å²) in [7, 11) is 1.87. The first kappa shape index (κ1) is 15.5. The third kappa shape index (κ3) is 3.50. The van der Waals surface area contributed by atoms with E-state index >= 15 is 0 Å². The Morgan fingerprint density at radius 1 is 1.39 bits per heavy atom. The van der Waals surface area contributed by atoms with Crippen molar-refractivity contribution in [3.63, 3.8) is 0 Å². The minimum atomic E-state index is -0.242. The van der Waals surface area contributed by atoms with Gasteiger partial charge >= 0.3 is 6.03 Å². The van der Waals surface area contributed by atoms with Crippen molar-refractivity contribution in [2.75, 3.05) is 19.7 Å². The van der Waals surface area contributed by atoms with Gasteiger partial charge in [-0.15, -0.1) is 10.2 Å². The van der Waals surface area contributed by atoms with Crippen LogP contribution in [-0.2, 0) is 11.8 Å². The van der Waals surface area contributed by atoms with Gasteiger partial charge in [-0.2, -0.15) is 0 Å². The third-order valence-electron chi connectivity index (χ3n) is 4.03. The summed E-state index contributed by atoms with van der Waals surface area (Å²) in [4.78, 5) is 14.3. The molecule has 0 bridgehead atoms. The molecule has 1 fully saturated rings. The van der Waals surface area contributed by atoms with Crippen molar-refractivity contribution in [3.05, 3.63) is 48.0 Å². The molecule has 1 aromatic carbocycles. The lowest BCUT2D eigenvalue weighted by atomic mass is 10.1. The molecule has 7 heteroatoms. The number of amides is 2. The van der Waals surface area contributed by atoms with Crippen LogP contribution in [0.15, 0.2) is 36.7 Å². The largest absolute Gasteiger partial charge is 0.366 e. The fourth-order valence-electron chi connectivity index (χ4n) is 2.68. The number of nitrogens with one attached hydrogen (secondary N) is 1. The van der Waals surface area contributed by atoms with Gasteiger partial charge < -0.3 is 19.5 Å². The highest BCUT2D eigenvalue weighted by Crippen LogP contribution is 2.20. The van der Waals surface area contributed by atoms with Crippen LogP contribution in [0.2, 0.25) is 0 Å². The van der Waals surface area contributed by atoms with Gasteiger partial charge in [-0.1, -0.05) is 30.3 Å². The van der Waals surface area contributed by atoms with Gasteiger partial charge in [0.05, 0.1) is 19.2 Å². The summed E-state index contributed by atoms with van der Waals surface area (Å²) < 4.78 is 7.55. The highest BCUT2D eigenvalue weighted by molar-refractivity contribution is 5.74. The predicted molar refractivity (Wildman–Crippen MR) is 84.7 cm³/mol. The molecule has 1 saturated heterocycles. The molecule has 1 aliphatic rings. The van der Waals surface area contributed by atoms with E-state index in [4.69, 9.17) is 4.74 Å². The van der Waals surface area contributed by atoms with Gasteiger partial charge in [0.25, 0.3) is 0 Å². The number of hydrogen-bond donors (Lipinski definition) is 1. The zero-order chi connectivity index (χ0) is 16.2. The fraction of sp³-hybridized carbons (Fsp3) is 0.438. The monoisotopic (exact) mass is 315 g/mol. The minimum absolute atomic E-state index is 0.0418. The van der Waals surface area contributed by atoms with E-state index in [1.807, 2.05) is 48.9 Å². The number of aromatic nitrogens is 3. The lowest BCUT2D eigenvalue weighted by molar-refractivity contribution is -0.0217. The van der Waals surface area contributed by atoms with Gasteiger partial charge in [0.15, 0.2) is 5.82 Å². The normalized spacial score (nSPS) is 19.4. The number of carbonyl (C=O) groups is 1. The Kier molecular flexibility index (Phi) is 4.57. The van der Waals surface area contributed by atoms with Crippen LogP contribution >= 0.6 is 0 Å². The van der Waals surface area contributed by atoms with Gasteiger partial charge in [0.1, 0.15) is 12.4 Å². The molecular formula is C16H21N5O2. The average molecular weight is 315 g/mol. The Morgan fingerprint density at radius 2 is 2.17 bits per heavy atom. The molecule has 0 unspecified atom stereocenters. The second-order valence-electron chi connectivity index (χ2n) is 5.69. The summed E-state index contributed by atoms with van der Waals surface area (Å²) >= 11 is 0. The zero-order valence-corrected chi connectivity index (χ0v) is 13.3. The molecule has 1 N–H and O–H groups in total. The van der Waals surface area contributed by atoms with Gasteiger partial charge in [-0.05, 0) is 12.5 Å². The van der Waals surface area contributed by atoms with Crippen LogP contribution in [0, 0.1) is 0 Å². The fourth-order valence-corrected chi connectivity index (χ4v) is 2.68. The van der Waals surface area contributed by atoms with E-state index in [0.717, 1.165) is 11.4 Å². The Hall–Kier alpha value is -2.41. The summed E-state index contributed by atoms with van der Waals surface area (Å²) in [5.74, 6) is 0.735. The van der Waals surface area contributed by atoms with Crippen molar-refractivity contribution in [1.29, 1.82) is 0 Å². The molecule has 0 radical (unpaired) electrons. The predicted octanol–water partition coefficient (Wildman–Crippen LogP) is 1.66. The van der Waals surface area contributed by atoms with Gasteiger partial charge in [0, 0.05) is 13.6 Å². The molecule has 2 atom stereocenters. The second kappa shape index (κ2) is 6.78. The van der Waals surface area contributed by atoms with Crippen molar-refractivity contribution >= 4 is 6.03 Å². The van der Waals surface area contributed by atoms with Crippen LogP contribution in [0.4, 0.5) is 4.79 Å². The molecule has 2 heterocycles. The van der Waals surface area contributed by atoms with Crippen LogP contribution in [-0.4, -0.2) is 45.4 Å². The molecule has 0 saturated carbocycles. The molecule has 0 aliphatic carbocycles. The number of morpholine rings is 1. The van der Waals surface area contributed by atoms with Crippen LogP contribution in [0.25, 0.3) is 0 Å². The number of carbonyl (C=O) groups excluding carboxylic acids is 1. The molecular weight excluding hydrogens is 294 g/mol. The zero-order valence-electron chi connectivity index (χ0n) is 13.3. The number of nitrogens with zero attached hydrogens (tertiary/aromatic N) is 4. The van der Waals surface area contributed by atoms with E-state index in [2.05, 4.69) is 15.5 Å². The lowest BCUT2D eigenvalue weighted by Gasteiger charge is -2.33. The Morgan fingerprint density at radius 3 is 2.87 bits per heavy atom. The van der Waals surface area contributed by atoms with Crippen molar-refractivity contribution < 1.29 is 9.53 Å². The first-order valence-corrected chi connectivity index (χ1v) is 7.71. The SMILES string of the molecule is C[C@@H](NC(=O)N1CCO[C@@H](c2nncn2C)C1)c1ccccc1. The molecule has 2 amide bonds.